The highest BCUT2D eigenvalue weighted by Crippen LogP contribution is 2.38. The first kappa shape index (κ1) is 20.4. The number of carbonyl (C=O) groups excluding carboxylic acids is 1. The fourth-order valence-electron chi connectivity index (χ4n) is 3.69. The van der Waals surface area contributed by atoms with Crippen LogP contribution in [0.3, 0.4) is 0 Å². The van der Waals surface area contributed by atoms with Gasteiger partial charge in [0, 0.05) is 36.5 Å². The van der Waals surface area contributed by atoms with E-state index in [4.69, 9.17) is 10.5 Å². The number of fused-ring (bicyclic) bond motifs is 1. The molecule has 1 aliphatic rings. The predicted molar refractivity (Wildman–Crippen MR) is 113 cm³/mol. The average Bonchev–Trinajstić information content (AvgIpc) is 3.51. The van der Waals surface area contributed by atoms with Gasteiger partial charge in [0.15, 0.2) is 12.3 Å². The molecular formula is C18H19N9O4S. The zero-order valence-electron chi connectivity index (χ0n) is 16.9. The molecule has 1 saturated heterocycles. The third-order valence-corrected chi connectivity index (χ3v) is 5.88. The largest absolute Gasteiger partial charge is 0.387 e. The molecular weight excluding hydrogens is 438 g/mol. The van der Waals surface area contributed by atoms with E-state index in [0.29, 0.717) is 28.1 Å². The Morgan fingerprint density at radius 1 is 1.31 bits per heavy atom. The Kier molecular flexibility index (Phi) is 4.85. The van der Waals surface area contributed by atoms with E-state index in [9.17, 15) is 15.0 Å². The minimum Gasteiger partial charge on any atom is -0.387 e. The number of nitrogens with one attached hydrogen (secondary N) is 1. The third-order valence-electron chi connectivity index (χ3n) is 5.16. The Bertz CT molecular complexity index is 1320. The quantitative estimate of drug-likeness (QED) is 0.321. The second kappa shape index (κ2) is 7.59. The number of nitrogens with zero attached hydrogens (tertiary/aromatic N) is 7. The highest BCUT2D eigenvalue weighted by atomic mass is 32.1. The number of nitrogen functional groups attached to an aromatic ring is 1. The molecule has 1 amide bonds. The van der Waals surface area contributed by atoms with Crippen LogP contribution in [0.4, 0.5) is 10.9 Å². The van der Waals surface area contributed by atoms with E-state index in [-0.39, 0.29) is 10.9 Å². The highest BCUT2D eigenvalue weighted by molar-refractivity contribution is 7.09. The van der Waals surface area contributed by atoms with Crippen molar-refractivity contribution >= 4 is 39.4 Å². The maximum absolute atomic E-state index is 12.7. The van der Waals surface area contributed by atoms with Gasteiger partial charge < -0.3 is 25.3 Å². The average molecular weight is 457 g/mol. The Morgan fingerprint density at radius 2 is 2.12 bits per heavy atom. The summed E-state index contributed by atoms with van der Waals surface area (Å²) in [6, 6.07) is 1.80. The second-order valence-corrected chi connectivity index (χ2v) is 8.10. The van der Waals surface area contributed by atoms with Crippen molar-refractivity contribution in [3.05, 3.63) is 30.6 Å². The van der Waals surface area contributed by atoms with Gasteiger partial charge in [-0.15, -0.1) is 0 Å². The molecule has 166 valence electrons. The number of amides is 1. The van der Waals surface area contributed by atoms with Gasteiger partial charge in [0.2, 0.25) is 5.13 Å². The lowest BCUT2D eigenvalue weighted by Crippen LogP contribution is -2.39. The van der Waals surface area contributed by atoms with Gasteiger partial charge in [0.05, 0.1) is 11.1 Å². The Morgan fingerprint density at radius 3 is 2.81 bits per heavy atom. The normalized spacial score (nSPS) is 23.1. The first-order valence-corrected chi connectivity index (χ1v) is 10.3. The molecule has 0 saturated carbocycles. The molecule has 32 heavy (non-hydrogen) atoms. The molecule has 5 rings (SSSR count). The first-order chi connectivity index (χ1) is 15.3. The van der Waals surface area contributed by atoms with Crippen molar-refractivity contribution in [1.29, 1.82) is 0 Å². The number of aryl methyl sites for hydroxylation is 2. The number of anilines is 2. The number of aromatic nitrogens is 7. The van der Waals surface area contributed by atoms with Gasteiger partial charge in [0.1, 0.15) is 35.8 Å². The molecule has 0 radical (unpaired) electrons. The van der Waals surface area contributed by atoms with E-state index in [1.54, 1.807) is 37.1 Å². The number of hydrogen-bond donors (Lipinski definition) is 4. The van der Waals surface area contributed by atoms with E-state index in [2.05, 4.69) is 29.7 Å². The maximum atomic E-state index is 12.7. The number of nitrogens with two attached hydrogens (primary N) is 1. The Labute approximate surface area is 184 Å². The molecule has 1 aliphatic heterocycles. The predicted octanol–water partition coefficient (Wildman–Crippen LogP) is -0.168. The third kappa shape index (κ3) is 3.29. The zero-order valence-corrected chi connectivity index (χ0v) is 17.8. The van der Waals surface area contributed by atoms with E-state index in [1.807, 2.05) is 0 Å². The second-order valence-electron chi connectivity index (χ2n) is 7.35. The van der Waals surface area contributed by atoms with Gasteiger partial charge in [-0.25, -0.2) is 15.0 Å². The topological polar surface area (TPSA) is 179 Å². The van der Waals surface area contributed by atoms with Crippen molar-refractivity contribution < 1.29 is 19.7 Å². The van der Waals surface area contributed by atoms with Crippen molar-refractivity contribution in [2.24, 2.45) is 7.05 Å². The molecule has 4 aromatic heterocycles. The van der Waals surface area contributed by atoms with E-state index in [1.165, 1.54) is 10.9 Å². The van der Waals surface area contributed by atoms with Crippen LogP contribution in [0.25, 0.3) is 22.3 Å². The fraction of sp³-hybridized carbons (Fsp3) is 0.333. The van der Waals surface area contributed by atoms with Crippen LogP contribution in [0.2, 0.25) is 0 Å². The smallest absolute Gasteiger partial charge is 0.258 e. The zero-order chi connectivity index (χ0) is 22.6. The first-order valence-electron chi connectivity index (χ1n) is 9.57. The molecule has 1 fully saturated rings. The van der Waals surface area contributed by atoms with Crippen molar-refractivity contribution in [3.8, 4) is 11.3 Å². The molecule has 5 N–H and O–H groups in total. The number of carbonyl (C=O) groups is 1. The lowest BCUT2D eigenvalue weighted by atomic mass is 10.1. The van der Waals surface area contributed by atoms with Crippen molar-refractivity contribution in [2.75, 3.05) is 11.1 Å². The Balaban J connectivity index is 1.51. The van der Waals surface area contributed by atoms with Crippen LogP contribution < -0.4 is 11.1 Å². The van der Waals surface area contributed by atoms with Gasteiger partial charge in [-0.1, -0.05) is 0 Å². The summed E-state index contributed by atoms with van der Waals surface area (Å²) in [6.07, 6.45) is -0.614. The van der Waals surface area contributed by atoms with Gasteiger partial charge >= 0.3 is 0 Å². The van der Waals surface area contributed by atoms with Crippen LogP contribution in [0.1, 0.15) is 12.1 Å². The molecule has 5 heterocycles. The molecule has 4 atom stereocenters. The van der Waals surface area contributed by atoms with E-state index >= 15 is 0 Å². The van der Waals surface area contributed by atoms with Crippen LogP contribution in [-0.4, -0.2) is 68.1 Å². The van der Waals surface area contributed by atoms with Gasteiger partial charge in [-0.3, -0.25) is 14.8 Å². The van der Waals surface area contributed by atoms with Crippen LogP contribution in [-0.2, 0) is 16.6 Å². The lowest BCUT2D eigenvalue weighted by molar-refractivity contribution is -0.132. The standard InChI is InChI=1S/C18H19N9O4S/c1-7-22-18(32-25-7)23-16(30)13-11(28)12(29)17(31-13)27-5-8(9-3-4-26(2)24-9)10-14(19)20-6-21-15(10)27/h3-6,11-13,17,28-29H,1-2H3,(H2,19,20,21)(H,22,23,25,30)/t11-,12+,13-,17+/m0/s1. The number of aliphatic hydroxyl groups excluding tert-OH is 2. The van der Waals surface area contributed by atoms with Crippen molar-refractivity contribution in [2.45, 2.75) is 31.5 Å². The summed E-state index contributed by atoms with van der Waals surface area (Å²) in [5.74, 6) is 0.0864. The molecule has 14 heteroatoms. The summed E-state index contributed by atoms with van der Waals surface area (Å²) in [4.78, 5) is 25.1. The summed E-state index contributed by atoms with van der Waals surface area (Å²) < 4.78 is 12.9. The van der Waals surface area contributed by atoms with Crippen LogP contribution >= 0.6 is 11.5 Å². The minimum atomic E-state index is -1.48. The maximum Gasteiger partial charge on any atom is 0.258 e. The van der Waals surface area contributed by atoms with Gasteiger partial charge in [0.25, 0.3) is 5.91 Å². The summed E-state index contributed by atoms with van der Waals surface area (Å²) in [7, 11) is 1.78. The van der Waals surface area contributed by atoms with Crippen LogP contribution in [0, 0.1) is 6.92 Å². The summed E-state index contributed by atoms with van der Waals surface area (Å²) in [5, 5.41) is 29.0. The number of rotatable bonds is 4. The fourth-order valence-corrected chi connectivity index (χ4v) is 4.26. The van der Waals surface area contributed by atoms with Crippen molar-refractivity contribution in [1.82, 2.24) is 33.7 Å². The van der Waals surface area contributed by atoms with E-state index in [0.717, 1.165) is 11.5 Å². The Hall–Kier alpha value is -3.46. The van der Waals surface area contributed by atoms with E-state index < -0.39 is 30.4 Å². The van der Waals surface area contributed by atoms with Crippen LogP contribution in [0.5, 0.6) is 0 Å². The summed E-state index contributed by atoms with van der Waals surface area (Å²) in [6.45, 7) is 1.69. The SMILES string of the molecule is Cc1nsc(NC(=O)[C@H]2O[C@@H](n3cc(-c4ccn(C)n4)c4c(N)ncnc43)[C@H](O)[C@@H]2O)n1. The summed E-state index contributed by atoms with van der Waals surface area (Å²) in [5.41, 5.74) is 7.73. The molecule has 0 unspecified atom stereocenters. The molecule has 0 aliphatic carbocycles. The summed E-state index contributed by atoms with van der Waals surface area (Å²) >= 11 is 1.00. The monoisotopic (exact) mass is 457 g/mol. The van der Waals surface area contributed by atoms with Gasteiger partial charge in [-0.05, 0) is 13.0 Å². The molecule has 0 aromatic carbocycles. The number of hydrogen-bond acceptors (Lipinski definition) is 11. The molecule has 4 aromatic rings. The molecule has 0 spiro atoms. The number of aliphatic hydroxyl groups is 2. The van der Waals surface area contributed by atoms with Gasteiger partial charge in [-0.2, -0.15) is 9.47 Å². The minimum absolute atomic E-state index is 0.225. The molecule has 0 bridgehead atoms. The number of ether oxygens (including phenoxy) is 1. The van der Waals surface area contributed by atoms with Crippen LogP contribution in [0.15, 0.2) is 24.8 Å². The lowest BCUT2D eigenvalue weighted by Gasteiger charge is -2.17. The van der Waals surface area contributed by atoms with Crippen molar-refractivity contribution in [3.63, 3.8) is 0 Å². The highest BCUT2D eigenvalue weighted by Gasteiger charge is 2.48. The molecule has 13 nitrogen and oxygen atoms in total.